The molecule has 2 N–H and O–H groups in total. The highest BCUT2D eigenvalue weighted by Gasteiger charge is 2.05. The summed E-state index contributed by atoms with van der Waals surface area (Å²) in [6, 6.07) is 8.89. The van der Waals surface area contributed by atoms with Crippen LogP contribution in [0.15, 0.2) is 52.5 Å². The van der Waals surface area contributed by atoms with Crippen LogP contribution >= 0.6 is 22.9 Å². The molecule has 124 valence electrons. The summed E-state index contributed by atoms with van der Waals surface area (Å²) in [4.78, 5) is 22.7. The van der Waals surface area contributed by atoms with Crippen LogP contribution in [-0.4, -0.2) is 24.7 Å². The third-order valence-corrected chi connectivity index (χ3v) is 4.43. The van der Waals surface area contributed by atoms with Crippen molar-refractivity contribution in [1.29, 1.82) is 0 Å². The van der Waals surface area contributed by atoms with Crippen LogP contribution in [0.5, 0.6) is 5.88 Å². The van der Waals surface area contributed by atoms with Gasteiger partial charge in [-0.15, -0.1) is 0 Å². The summed E-state index contributed by atoms with van der Waals surface area (Å²) in [5.74, 6) is -0.172. The predicted molar refractivity (Wildman–Crippen MR) is 95.1 cm³/mol. The van der Waals surface area contributed by atoms with E-state index in [1.165, 1.54) is 0 Å². The minimum Gasteiger partial charge on any atom is -0.493 e. The normalized spacial score (nSPS) is 13.0. The minimum atomic E-state index is -0.329. The lowest BCUT2D eigenvalue weighted by molar-refractivity contribution is 0.455. The van der Waals surface area contributed by atoms with Gasteiger partial charge in [0.15, 0.2) is 11.1 Å². The number of H-pyrrole nitrogens is 1. The Hall–Kier alpha value is -2.97. The number of aromatic amines is 1. The Morgan fingerprint density at radius 1 is 1.36 bits per heavy atom. The molecule has 0 aliphatic carbocycles. The highest BCUT2D eigenvalue weighted by atomic mass is 35.5. The van der Waals surface area contributed by atoms with Gasteiger partial charge >= 0.3 is 4.87 Å². The summed E-state index contributed by atoms with van der Waals surface area (Å²) in [6.45, 7) is 0. The Morgan fingerprint density at radius 2 is 2.24 bits per heavy atom. The van der Waals surface area contributed by atoms with E-state index >= 15 is 0 Å². The quantitative estimate of drug-likeness (QED) is 0.559. The maximum absolute atomic E-state index is 11.3. The molecule has 3 heterocycles. The number of nitrogens with zero attached hydrogens (tertiary/aromatic N) is 4. The topological polar surface area (TPSA) is 95.6 Å². The molecule has 0 bridgehead atoms. The lowest BCUT2D eigenvalue weighted by Crippen LogP contribution is -2.12. The summed E-state index contributed by atoms with van der Waals surface area (Å²) in [7, 11) is 0. The van der Waals surface area contributed by atoms with Crippen molar-refractivity contribution in [2.45, 2.75) is 0 Å². The first-order valence-electron chi connectivity index (χ1n) is 7.17. The number of halogens is 1. The number of thiazole rings is 1. The van der Waals surface area contributed by atoms with Crippen LogP contribution in [0.2, 0.25) is 5.02 Å². The molecule has 0 unspecified atom stereocenters. The Kier molecular flexibility index (Phi) is 3.83. The fourth-order valence-electron chi connectivity index (χ4n) is 2.29. The standard InChI is InChI=1S/C16H10ClN5O2S/c17-10-2-1-3-11(7-10)19-13-4-5-22-14(20-13)9(8-18-22)6-12-15(23)21-16(24)25-12/h1-8,23H,(H,21,24). The van der Waals surface area contributed by atoms with Gasteiger partial charge in [-0.05, 0) is 24.3 Å². The molecule has 0 saturated heterocycles. The molecule has 9 heteroatoms. The highest BCUT2D eigenvalue weighted by molar-refractivity contribution is 7.10. The van der Waals surface area contributed by atoms with Gasteiger partial charge in [-0.1, -0.05) is 29.0 Å². The highest BCUT2D eigenvalue weighted by Crippen LogP contribution is 2.17. The molecule has 0 spiro atoms. The molecular formula is C16H10ClN5O2S. The second-order valence-corrected chi connectivity index (χ2v) is 6.57. The summed E-state index contributed by atoms with van der Waals surface area (Å²) in [5.41, 5.74) is 1.75. The first kappa shape index (κ1) is 15.6. The van der Waals surface area contributed by atoms with E-state index in [1.807, 2.05) is 12.1 Å². The van der Waals surface area contributed by atoms with Crippen LogP contribution in [0.1, 0.15) is 4.88 Å². The van der Waals surface area contributed by atoms with Crippen molar-refractivity contribution in [2.24, 2.45) is 4.99 Å². The van der Waals surface area contributed by atoms with Crippen molar-refractivity contribution in [1.82, 2.24) is 19.6 Å². The van der Waals surface area contributed by atoms with Gasteiger partial charge in [0.25, 0.3) is 0 Å². The summed E-state index contributed by atoms with van der Waals surface area (Å²) in [6.07, 6.45) is 4.99. The van der Waals surface area contributed by atoms with Gasteiger partial charge in [0.05, 0.1) is 16.8 Å². The van der Waals surface area contributed by atoms with Gasteiger partial charge in [0, 0.05) is 22.5 Å². The molecule has 1 aromatic carbocycles. The largest absolute Gasteiger partial charge is 0.493 e. The molecule has 0 atom stereocenters. The Labute approximate surface area is 149 Å². The first-order valence-corrected chi connectivity index (χ1v) is 8.36. The zero-order valence-corrected chi connectivity index (χ0v) is 14.1. The molecule has 0 aliphatic heterocycles. The van der Waals surface area contributed by atoms with Gasteiger partial charge < -0.3 is 5.11 Å². The molecule has 0 radical (unpaired) electrons. The fraction of sp³-hybridized carbons (Fsp3) is 0. The molecule has 4 rings (SSSR count). The molecule has 0 aliphatic rings. The Bertz CT molecular complexity index is 1260. The van der Waals surface area contributed by atoms with Crippen LogP contribution in [0.4, 0.5) is 5.69 Å². The van der Waals surface area contributed by atoms with Crippen molar-refractivity contribution < 1.29 is 5.11 Å². The Balaban J connectivity index is 1.88. The lowest BCUT2D eigenvalue weighted by atomic mass is 10.3. The molecule has 4 aromatic rings. The molecule has 0 amide bonds. The van der Waals surface area contributed by atoms with E-state index in [-0.39, 0.29) is 10.8 Å². The number of benzene rings is 1. The summed E-state index contributed by atoms with van der Waals surface area (Å²) < 4.78 is 1.59. The fourth-order valence-corrected chi connectivity index (χ4v) is 3.16. The van der Waals surface area contributed by atoms with E-state index < -0.39 is 0 Å². The second kappa shape index (κ2) is 6.15. The number of aromatic hydroxyl groups is 1. The third-order valence-electron chi connectivity index (χ3n) is 3.38. The third kappa shape index (κ3) is 3.17. The average Bonchev–Trinajstić information content (AvgIpc) is 3.11. The molecule has 0 fully saturated rings. The van der Waals surface area contributed by atoms with Gasteiger partial charge in [0.1, 0.15) is 0 Å². The van der Waals surface area contributed by atoms with Crippen molar-refractivity contribution in [3.8, 4) is 5.88 Å². The van der Waals surface area contributed by atoms with E-state index in [0.29, 0.717) is 31.9 Å². The van der Waals surface area contributed by atoms with Crippen LogP contribution < -0.4 is 15.6 Å². The Morgan fingerprint density at radius 3 is 3.00 bits per heavy atom. The monoisotopic (exact) mass is 371 g/mol. The van der Waals surface area contributed by atoms with E-state index in [0.717, 1.165) is 11.3 Å². The number of hydrogen-bond donors (Lipinski definition) is 2. The van der Waals surface area contributed by atoms with Crippen LogP contribution in [0, 0.1) is 0 Å². The van der Waals surface area contributed by atoms with Gasteiger partial charge in [-0.25, -0.2) is 14.5 Å². The van der Waals surface area contributed by atoms with Crippen molar-refractivity contribution in [3.63, 3.8) is 0 Å². The molecular weight excluding hydrogens is 362 g/mol. The van der Waals surface area contributed by atoms with Gasteiger partial charge in [-0.2, -0.15) is 5.10 Å². The van der Waals surface area contributed by atoms with Crippen LogP contribution in [0.25, 0.3) is 11.7 Å². The van der Waals surface area contributed by atoms with Gasteiger partial charge in [-0.3, -0.25) is 9.78 Å². The molecule has 25 heavy (non-hydrogen) atoms. The van der Waals surface area contributed by atoms with Crippen LogP contribution in [-0.2, 0) is 0 Å². The van der Waals surface area contributed by atoms with Crippen molar-refractivity contribution in [2.75, 3.05) is 0 Å². The molecule has 3 aromatic heterocycles. The van der Waals surface area contributed by atoms with Crippen molar-refractivity contribution in [3.05, 3.63) is 73.0 Å². The number of rotatable bonds is 2. The van der Waals surface area contributed by atoms with E-state index in [1.54, 1.807) is 41.2 Å². The predicted octanol–water partition coefficient (Wildman–Crippen LogP) is 1.62. The zero-order valence-electron chi connectivity index (χ0n) is 12.5. The first-order chi connectivity index (χ1) is 12.1. The van der Waals surface area contributed by atoms with E-state index in [4.69, 9.17) is 11.6 Å². The number of nitrogens with one attached hydrogen (secondary N) is 1. The van der Waals surface area contributed by atoms with E-state index in [2.05, 4.69) is 20.1 Å². The SMILES string of the molecule is O=c1[nH]c(O)c(C=c2cnn3ccc(=Nc4cccc(Cl)c4)nc23)s1. The molecule has 7 nitrogen and oxygen atoms in total. The average molecular weight is 372 g/mol. The van der Waals surface area contributed by atoms with Gasteiger partial charge in [0.2, 0.25) is 5.88 Å². The van der Waals surface area contributed by atoms with Crippen LogP contribution in [0.3, 0.4) is 0 Å². The molecule has 0 saturated carbocycles. The zero-order chi connectivity index (χ0) is 17.4. The van der Waals surface area contributed by atoms with E-state index in [9.17, 15) is 9.90 Å². The maximum atomic E-state index is 11.3. The minimum absolute atomic E-state index is 0.172. The summed E-state index contributed by atoms with van der Waals surface area (Å²) in [5, 5.41) is 15.2. The number of aromatic nitrogens is 4. The summed E-state index contributed by atoms with van der Waals surface area (Å²) >= 11 is 6.88. The number of hydrogen-bond acceptors (Lipinski definition) is 6. The van der Waals surface area contributed by atoms with Crippen molar-refractivity contribution >= 4 is 40.3 Å². The lowest BCUT2D eigenvalue weighted by Gasteiger charge is -1.95. The smallest absolute Gasteiger partial charge is 0.307 e. The second-order valence-electron chi connectivity index (χ2n) is 5.12. The number of fused-ring (bicyclic) bond motifs is 1. The maximum Gasteiger partial charge on any atom is 0.307 e.